The van der Waals surface area contributed by atoms with Crippen LogP contribution in [0, 0.1) is 0 Å². The van der Waals surface area contributed by atoms with Gasteiger partial charge in [-0.2, -0.15) is 0 Å². The Morgan fingerprint density at radius 2 is 2.08 bits per heavy atom. The highest BCUT2D eigenvalue weighted by atomic mass is 35.5. The Morgan fingerprint density at radius 3 is 2.33 bits per heavy atom. The van der Waals surface area contributed by atoms with Crippen molar-refractivity contribution in [1.29, 1.82) is 0 Å². The van der Waals surface area contributed by atoms with Gasteiger partial charge in [-0.15, -0.1) is 12.4 Å². The van der Waals surface area contributed by atoms with Crippen LogP contribution in [-0.2, 0) is 4.79 Å². The van der Waals surface area contributed by atoms with Gasteiger partial charge in [0.2, 0.25) is 5.92 Å². The minimum atomic E-state index is -2.96. The number of carboxylic acid groups (broad SMARTS) is 1. The molecule has 0 aliphatic heterocycles. The zero-order valence-corrected chi connectivity index (χ0v) is 7.41. The predicted octanol–water partition coefficient (Wildman–Crippen LogP) is 1.26. The van der Waals surface area contributed by atoms with Gasteiger partial charge in [0, 0.05) is 12.8 Å². The van der Waals surface area contributed by atoms with E-state index >= 15 is 0 Å². The molecule has 12 heavy (non-hydrogen) atoms. The molecule has 0 saturated heterocycles. The van der Waals surface area contributed by atoms with Gasteiger partial charge in [0.05, 0.1) is 0 Å². The highest BCUT2D eigenvalue weighted by molar-refractivity contribution is 5.85. The number of carbonyl (C=O) groups is 1. The minimum Gasteiger partial charge on any atom is -0.480 e. The van der Waals surface area contributed by atoms with Crippen LogP contribution in [0.1, 0.15) is 19.8 Å². The molecule has 74 valence electrons. The topological polar surface area (TPSA) is 63.3 Å². The van der Waals surface area contributed by atoms with Gasteiger partial charge in [-0.3, -0.25) is 4.79 Å². The summed E-state index contributed by atoms with van der Waals surface area (Å²) in [7, 11) is 0. The molecule has 0 saturated carbocycles. The molecule has 0 aromatic heterocycles. The van der Waals surface area contributed by atoms with E-state index in [1.807, 2.05) is 0 Å². The third-order valence-corrected chi connectivity index (χ3v) is 1.35. The fourth-order valence-corrected chi connectivity index (χ4v) is 0.553. The van der Waals surface area contributed by atoms with Crippen molar-refractivity contribution in [1.82, 2.24) is 0 Å². The van der Waals surface area contributed by atoms with E-state index in [0.717, 1.165) is 0 Å². The number of alkyl halides is 2. The van der Waals surface area contributed by atoms with Crippen molar-refractivity contribution in [2.75, 3.05) is 0 Å². The van der Waals surface area contributed by atoms with Crippen LogP contribution in [-0.4, -0.2) is 23.0 Å². The van der Waals surface area contributed by atoms with Crippen LogP contribution >= 0.6 is 12.4 Å². The largest absolute Gasteiger partial charge is 0.480 e. The first-order valence-electron chi connectivity index (χ1n) is 3.25. The number of carboxylic acids is 1. The lowest BCUT2D eigenvalue weighted by molar-refractivity contribution is -0.141. The quantitative estimate of drug-likeness (QED) is 0.723. The summed E-state index contributed by atoms with van der Waals surface area (Å²) in [5.41, 5.74) is 4.90. The molecule has 0 bridgehead atoms. The van der Waals surface area contributed by atoms with Crippen LogP contribution in [0.25, 0.3) is 0 Å². The molecule has 0 radical (unpaired) electrons. The van der Waals surface area contributed by atoms with Crippen LogP contribution in [0.5, 0.6) is 0 Å². The van der Waals surface area contributed by atoms with Gasteiger partial charge >= 0.3 is 5.97 Å². The maximum Gasteiger partial charge on any atom is 0.320 e. The van der Waals surface area contributed by atoms with Crippen LogP contribution < -0.4 is 5.73 Å². The van der Waals surface area contributed by atoms with Crippen molar-refractivity contribution in [3.05, 3.63) is 0 Å². The van der Waals surface area contributed by atoms with Gasteiger partial charge in [-0.05, 0) is 0 Å². The monoisotopic (exact) mass is 203 g/mol. The molecule has 0 spiro atoms. The van der Waals surface area contributed by atoms with Gasteiger partial charge in [0.1, 0.15) is 6.04 Å². The van der Waals surface area contributed by atoms with E-state index in [1.54, 1.807) is 0 Å². The van der Waals surface area contributed by atoms with E-state index in [2.05, 4.69) is 0 Å². The molecule has 3 N–H and O–H groups in total. The molecule has 0 aromatic carbocycles. The van der Waals surface area contributed by atoms with E-state index in [1.165, 1.54) is 6.92 Å². The second kappa shape index (κ2) is 5.27. The Kier molecular flexibility index (Phi) is 6.20. The second-order valence-corrected chi connectivity index (χ2v) is 2.36. The van der Waals surface area contributed by atoms with Crippen molar-refractivity contribution >= 4 is 18.4 Å². The molecule has 0 aliphatic carbocycles. The van der Waals surface area contributed by atoms with Gasteiger partial charge < -0.3 is 10.8 Å². The highest BCUT2D eigenvalue weighted by Gasteiger charge is 2.31. The summed E-state index contributed by atoms with van der Waals surface area (Å²) in [6.45, 7) is 1.29. The summed E-state index contributed by atoms with van der Waals surface area (Å²) >= 11 is 0. The van der Waals surface area contributed by atoms with Crippen LogP contribution in [0.4, 0.5) is 8.78 Å². The molecule has 1 atom stereocenters. The first-order chi connectivity index (χ1) is 4.89. The molecule has 0 heterocycles. The molecule has 3 nitrogen and oxygen atoms in total. The van der Waals surface area contributed by atoms with Gasteiger partial charge in [-0.1, -0.05) is 6.92 Å². The Hall–Kier alpha value is -0.420. The lowest BCUT2D eigenvalue weighted by Crippen LogP contribution is -2.36. The lowest BCUT2D eigenvalue weighted by Gasteiger charge is -2.15. The van der Waals surface area contributed by atoms with E-state index < -0.39 is 24.4 Å². The standard InChI is InChI=1S/C6H11F2NO2.ClH/c1-2-6(7,8)3-4(9)5(10)11;/h4H,2-3,9H2,1H3,(H,10,11);1H/t4-;/m0./s1. The van der Waals surface area contributed by atoms with Crippen LogP contribution in [0.2, 0.25) is 0 Å². The number of aliphatic carboxylic acids is 1. The summed E-state index contributed by atoms with van der Waals surface area (Å²) in [6.07, 6.45) is -1.17. The summed E-state index contributed by atoms with van der Waals surface area (Å²) in [4.78, 5) is 10.0. The third-order valence-electron chi connectivity index (χ3n) is 1.35. The summed E-state index contributed by atoms with van der Waals surface area (Å²) < 4.78 is 24.8. The summed E-state index contributed by atoms with van der Waals surface area (Å²) in [6, 6.07) is -1.47. The smallest absolute Gasteiger partial charge is 0.320 e. The zero-order chi connectivity index (χ0) is 9.07. The maximum absolute atomic E-state index is 12.4. The zero-order valence-electron chi connectivity index (χ0n) is 6.59. The fourth-order valence-electron chi connectivity index (χ4n) is 0.553. The highest BCUT2D eigenvalue weighted by Crippen LogP contribution is 2.23. The van der Waals surface area contributed by atoms with Crippen molar-refractivity contribution < 1.29 is 18.7 Å². The average molecular weight is 204 g/mol. The third kappa shape index (κ3) is 5.26. The molecule has 0 amide bonds. The Balaban J connectivity index is 0. The van der Waals surface area contributed by atoms with Gasteiger partial charge in [0.25, 0.3) is 0 Å². The van der Waals surface area contributed by atoms with Crippen molar-refractivity contribution in [3.63, 3.8) is 0 Å². The molecule has 0 rings (SSSR count). The van der Waals surface area contributed by atoms with Crippen molar-refractivity contribution in [2.24, 2.45) is 5.73 Å². The number of halogens is 3. The Labute approximate surface area is 75.3 Å². The first-order valence-corrected chi connectivity index (χ1v) is 3.25. The Bertz CT molecular complexity index is 154. The minimum absolute atomic E-state index is 0. The second-order valence-electron chi connectivity index (χ2n) is 2.36. The van der Waals surface area contributed by atoms with Crippen LogP contribution in [0.3, 0.4) is 0 Å². The Morgan fingerprint density at radius 1 is 1.67 bits per heavy atom. The molecular weight excluding hydrogens is 192 g/mol. The molecule has 0 fully saturated rings. The lowest BCUT2D eigenvalue weighted by atomic mass is 10.1. The van der Waals surface area contributed by atoms with E-state index in [0.29, 0.717) is 0 Å². The normalized spacial score (nSPS) is 13.3. The predicted molar refractivity (Wildman–Crippen MR) is 42.7 cm³/mol. The van der Waals surface area contributed by atoms with Crippen LogP contribution in [0.15, 0.2) is 0 Å². The van der Waals surface area contributed by atoms with Gasteiger partial charge in [0.15, 0.2) is 0 Å². The SMILES string of the molecule is CCC(F)(F)C[C@H](N)C(=O)O.Cl. The number of hydrogen-bond acceptors (Lipinski definition) is 2. The molecule has 6 heteroatoms. The maximum atomic E-state index is 12.4. The first kappa shape index (κ1) is 14.1. The van der Waals surface area contributed by atoms with E-state index in [-0.39, 0.29) is 18.8 Å². The average Bonchev–Trinajstić information content (AvgIpc) is 1.87. The van der Waals surface area contributed by atoms with Crippen molar-refractivity contribution in [2.45, 2.75) is 31.7 Å². The number of hydrogen-bond donors (Lipinski definition) is 2. The molecule has 0 aliphatic rings. The van der Waals surface area contributed by atoms with E-state index in [9.17, 15) is 13.6 Å². The summed E-state index contributed by atoms with van der Waals surface area (Å²) in [5.74, 6) is -4.35. The number of nitrogens with two attached hydrogens (primary N) is 1. The molecule has 0 unspecified atom stereocenters. The number of rotatable bonds is 4. The van der Waals surface area contributed by atoms with Gasteiger partial charge in [-0.25, -0.2) is 8.78 Å². The van der Waals surface area contributed by atoms with E-state index in [4.69, 9.17) is 10.8 Å². The fraction of sp³-hybridized carbons (Fsp3) is 0.833. The molecular formula is C6H12ClF2NO2. The molecule has 0 aromatic rings. The van der Waals surface area contributed by atoms with Crippen molar-refractivity contribution in [3.8, 4) is 0 Å². The summed E-state index contributed by atoms with van der Waals surface area (Å²) in [5, 5.41) is 8.18.